The number of aliphatic hydroxyl groups excluding tert-OH is 1. The standard InChI is InChI=1S/C12H20N2O2/c1-8-13-12(6-7-12)11(16)14(8)9-2-4-10(15)5-3-9/h8-10,13,15H,2-7H2,1H3. The van der Waals surface area contributed by atoms with Gasteiger partial charge < -0.3 is 10.0 Å². The van der Waals surface area contributed by atoms with Gasteiger partial charge in [-0.25, -0.2) is 0 Å². The van der Waals surface area contributed by atoms with Crippen LogP contribution in [0.4, 0.5) is 0 Å². The van der Waals surface area contributed by atoms with E-state index >= 15 is 0 Å². The highest BCUT2D eigenvalue weighted by atomic mass is 16.3. The van der Waals surface area contributed by atoms with Gasteiger partial charge in [-0.1, -0.05) is 0 Å². The summed E-state index contributed by atoms with van der Waals surface area (Å²) in [6.45, 7) is 2.08. The first-order valence-electron chi connectivity index (χ1n) is 6.41. The number of aliphatic hydroxyl groups is 1. The lowest BCUT2D eigenvalue weighted by Crippen LogP contribution is -2.45. The number of rotatable bonds is 1. The lowest BCUT2D eigenvalue weighted by Gasteiger charge is -2.35. The minimum Gasteiger partial charge on any atom is -0.393 e. The second-order valence-electron chi connectivity index (χ2n) is 5.58. The van der Waals surface area contributed by atoms with Crippen molar-refractivity contribution in [3.8, 4) is 0 Å². The highest BCUT2D eigenvalue weighted by molar-refractivity contribution is 5.92. The molecule has 1 saturated heterocycles. The summed E-state index contributed by atoms with van der Waals surface area (Å²) < 4.78 is 0. The minimum atomic E-state index is -0.185. The van der Waals surface area contributed by atoms with Crippen molar-refractivity contribution >= 4 is 5.91 Å². The lowest BCUT2D eigenvalue weighted by atomic mass is 9.91. The van der Waals surface area contributed by atoms with Crippen molar-refractivity contribution in [1.82, 2.24) is 10.2 Å². The normalized spacial score (nSPS) is 41.8. The minimum absolute atomic E-state index is 0.146. The molecule has 1 heterocycles. The predicted molar refractivity (Wildman–Crippen MR) is 59.7 cm³/mol. The van der Waals surface area contributed by atoms with Gasteiger partial charge >= 0.3 is 0 Å². The van der Waals surface area contributed by atoms with Gasteiger partial charge in [-0.05, 0) is 45.4 Å². The fourth-order valence-corrected chi connectivity index (χ4v) is 3.26. The topological polar surface area (TPSA) is 52.6 Å². The molecule has 90 valence electrons. The molecule has 0 radical (unpaired) electrons. The molecule has 0 aromatic heterocycles. The Kier molecular flexibility index (Phi) is 2.27. The van der Waals surface area contributed by atoms with Crippen LogP contribution in [0, 0.1) is 0 Å². The molecule has 3 fully saturated rings. The fourth-order valence-electron chi connectivity index (χ4n) is 3.26. The Bertz CT molecular complexity index is 306. The number of carbonyl (C=O) groups excluding carboxylic acids is 1. The van der Waals surface area contributed by atoms with Gasteiger partial charge in [0.25, 0.3) is 0 Å². The van der Waals surface area contributed by atoms with Crippen molar-refractivity contribution in [3.63, 3.8) is 0 Å². The average molecular weight is 224 g/mol. The molecule has 2 N–H and O–H groups in total. The van der Waals surface area contributed by atoms with Crippen LogP contribution in [0.15, 0.2) is 0 Å². The van der Waals surface area contributed by atoms with Crippen LogP contribution < -0.4 is 5.32 Å². The lowest BCUT2D eigenvalue weighted by molar-refractivity contribution is -0.133. The fraction of sp³-hybridized carbons (Fsp3) is 0.917. The van der Waals surface area contributed by atoms with E-state index in [1.54, 1.807) is 0 Å². The van der Waals surface area contributed by atoms with Gasteiger partial charge in [0.2, 0.25) is 5.91 Å². The number of nitrogens with one attached hydrogen (secondary N) is 1. The molecule has 0 aromatic carbocycles. The molecular weight excluding hydrogens is 204 g/mol. The molecule has 0 bridgehead atoms. The molecule has 1 amide bonds. The number of carbonyl (C=O) groups is 1. The maximum absolute atomic E-state index is 12.3. The van der Waals surface area contributed by atoms with Gasteiger partial charge in [-0.3, -0.25) is 10.1 Å². The van der Waals surface area contributed by atoms with Crippen molar-refractivity contribution in [2.24, 2.45) is 0 Å². The Balaban J connectivity index is 1.72. The van der Waals surface area contributed by atoms with E-state index in [1.807, 2.05) is 4.90 Å². The molecule has 1 unspecified atom stereocenters. The summed E-state index contributed by atoms with van der Waals surface area (Å²) in [7, 11) is 0. The molecule has 3 rings (SSSR count). The predicted octanol–water partition coefficient (Wildman–Crippen LogP) is 0.600. The van der Waals surface area contributed by atoms with Gasteiger partial charge in [0.1, 0.15) is 0 Å². The van der Waals surface area contributed by atoms with E-state index in [0.29, 0.717) is 11.9 Å². The van der Waals surface area contributed by atoms with Crippen molar-refractivity contribution < 1.29 is 9.90 Å². The second kappa shape index (κ2) is 3.44. The van der Waals surface area contributed by atoms with Gasteiger partial charge in [0.15, 0.2) is 0 Å². The van der Waals surface area contributed by atoms with Crippen molar-refractivity contribution in [2.75, 3.05) is 0 Å². The molecule has 16 heavy (non-hydrogen) atoms. The summed E-state index contributed by atoms with van der Waals surface area (Å²) in [6.07, 6.45) is 5.62. The first-order chi connectivity index (χ1) is 7.62. The van der Waals surface area contributed by atoms with E-state index in [2.05, 4.69) is 12.2 Å². The van der Waals surface area contributed by atoms with Gasteiger partial charge in [0.05, 0.1) is 17.8 Å². The van der Waals surface area contributed by atoms with Crippen molar-refractivity contribution in [1.29, 1.82) is 0 Å². The van der Waals surface area contributed by atoms with Crippen LogP contribution in [0.3, 0.4) is 0 Å². The Labute approximate surface area is 96.0 Å². The molecule has 1 spiro atoms. The first kappa shape index (κ1) is 10.5. The van der Waals surface area contributed by atoms with E-state index in [9.17, 15) is 9.90 Å². The zero-order valence-corrected chi connectivity index (χ0v) is 9.78. The summed E-state index contributed by atoms with van der Waals surface area (Å²) in [5.41, 5.74) is -0.185. The zero-order chi connectivity index (χ0) is 11.3. The second-order valence-corrected chi connectivity index (χ2v) is 5.58. The monoisotopic (exact) mass is 224 g/mol. The molecule has 3 aliphatic rings. The Morgan fingerprint density at radius 3 is 2.44 bits per heavy atom. The van der Waals surface area contributed by atoms with E-state index in [-0.39, 0.29) is 17.8 Å². The summed E-state index contributed by atoms with van der Waals surface area (Å²) in [5.74, 6) is 0.307. The van der Waals surface area contributed by atoms with Crippen molar-refractivity contribution in [3.05, 3.63) is 0 Å². The smallest absolute Gasteiger partial charge is 0.244 e. The van der Waals surface area contributed by atoms with E-state index in [1.165, 1.54) is 0 Å². The molecule has 2 aliphatic carbocycles. The maximum atomic E-state index is 12.3. The van der Waals surface area contributed by atoms with Crippen LogP contribution in [-0.4, -0.2) is 39.8 Å². The third kappa shape index (κ3) is 1.47. The Morgan fingerprint density at radius 1 is 1.31 bits per heavy atom. The van der Waals surface area contributed by atoms with Gasteiger partial charge in [-0.15, -0.1) is 0 Å². The molecule has 1 atom stereocenters. The summed E-state index contributed by atoms with van der Waals surface area (Å²) >= 11 is 0. The van der Waals surface area contributed by atoms with Crippen LogP contribution in [0.5, 0.6) is 0 Å². The van der Waals surface area contributed by atoms with E-state index < -0.39 is 0 Å². The van der Waals surface area contributed by atoms with Crippen LogP contribution >= 0.6 is 0 Å². The maximum Gasteiger partial charge on any atom is 0.244 e. The highest BCUT2D eigenvalue weighted by Gasteiger charge is 2.59. The van der Waals surface area contributed by atoms with Crippen LogP contribution in [0.2, 0.25) is 0 Å². The third-order valence-corrected chi connectivity index (χ3v) is 4.36. The van der Waals surface area contributed by atoms with Gasteiger partial charge in [0, 0.05) is 6.04 Å². The number of nitrogens with zero attached hydrogens (tertiary/aromatic N) is 1. The zero-order valence-electron chi connectivity index (χ0n) is 9.78. The molecule has 0 aromatic rings. The van der Waals surface area contributed by atoms with E-state index in [4.69, 9.17) is 0 Å². The molecule has 4 nitrogen and oxygen atoms in total. The largest absolute Gasteiger partial charge is 0.393 e. The molecule has 4 heteroatoms. The van der Waals surface area contributed by atoms with Crippen molar-refractivity contribution in [2.45, 2.75) is 69.3 Å². The summed E-state index contributed by atoms with van der Waals surface area (Å²) in [5, 5.41) is 12.9. The molecule has 1 aliphatic heterocycles. The number of hydrogen-bond acceptors (Lipinski definition) is 3. The Hall–Kier alpha value is -0.610. The number of amides is 1. The van der Waals surface area contributed by atoms with Crippen LogP contribution in [0.1, 0.15) is 45.4 Å². The Morgan fingerprint density at radius 2 is 1.94 bits per heavy atom. The quantitative estimate of drug-likeness (QED) is 0.686. The summed E-state index contributed by atoms with van der Waals surface area (Å²) in [4.78, 5) is 14.3. The average Bonchev–Trinajstić information content (AvgIpc) is 2.97. The highest BCUT2D eigenvalue weighted by Crippen LogP contribution is 2.43. The van der Waals surface area contributed by atoms with Crippen LogP contribution in [0.25, 0.3) is 0 Å². The van der Waals surface area contributed by atoms with Gasteiger partial charge in [-0.2, -0.15) is 0 Å². The molecular formula is C12H20N2O2. The third-order valence-electron chi connectivity index (χ3n) is 4.36. The van der Waals surface area contributed by atoms with Crippen LogP contribution in [-0.2, 0) is 4.79 Å². The number of hydrogen-bond donors (Lipinski definition) is 2. The van der Waals surface area contributed by atoms with E-state index in [0.717, 1.165) is 38.5 Å². The first-order valence-corrected chi connectivity index (χ1v) is 6.41. The summed E-state index contributed by atoms with van der Waals surface area (Å²) in [6, 6.07) is 0.346. The molecule has 2 saturated carbocycles. The SMILES string of the molecule is CC1NC2(CC2)C(=O)N1C1CCC(O)CC1.